The Hall–Kier alpha value is -3.20. The van der Waals surface area contributed by atoms with Gasteiger partial charge in [-0.25, -0.2) is 0 Å². The van der Waals surface area contributed by atoms with Crippen molar-refractivity contribution in [1.29, 1.82) is 0 Å². The van der Waals surface area contributed by atoms with Crippen molar-refractivity contribution >= 4 is 11.5 Å². The fraction of sp³-hybridized carbons (Fsp3) is 0.167. The summed E-state index contributed by atoms with van der Waals surface area (Å²) in [5, 5.41) is 0. The van der Waals surface area contributed by atoms with E-state index in [0.717, 1.165) is 46.8 Å². The summed E-state index contributed by atoms with van der Waals surface area (Å²) in [5.74, 6) is 1.06. The Labute approximate surface area is 157 Å². The number of pyridine rings is 1. The maximum Gasteiger partial charge on any atom is 0.380 e. The second kappa shape index (κ2) is 6.20. The lowest BCUT2D eigenvalue weighted by atomic mass is 10.00. The molecule has 27 heavy (non-hydrogen) atoms. The number of Topliss-reactive ketones (excluding diaryl/α,β-unsaturated/α-hetero) is 1. The molecule has 1 aliphatic heterocycles. The molecule has 2 aromatic carbocycles. The molecule has 3 heteroatoms. The van der Waals surface area contributed by atoms with Crippen LogP contribution in [0, 0.1) is 0 Å². The third kappa shape index (κ3) is 2.42. The fourth-order valence-corrected chi connectivity index (χ4v) is 3.90. The number of oxazole rings is 1. The fourth-order valence-electron chi connectivity index (χ4n) is 3.90. The van der Waals surface area contributed by atoms with Gasteiger partial charge in [0.15, 0.2) is 5.78 Å². The van der Waals surface area contributed by atoms with Crippen LogP contribution in [0.25, 0.3) is 39.6 Å². The standard InChI is InChI=1S/C24H20NO2/c1-2-3-10-21(26)16-12-14-17(15-13-16)24-23-19-8-5-4-7-18(19)20-9-6-11-22(27-24)25(20)23/h4-9,11-15H,2-3,10H2,1H3/q+1. The first-order chi connectivity index (χ1) is 13.3. The van der Waals surface area contributed by atoms with Gasteiger partial charge in [-0.1, -0.05) is 49.7 Å². The van der Waals surface area contributed by atoms with Crippen LogP contribution in [0.4, 0.5) is 0 Å². The number of carbonyl (C=O) groups excluding carboxylic acids is 1. The van der Waals surface area contributed by atoms with Crippen LogP contribution in [0.2, 0.25) is 0 Å². The molecule has 3 nitrogen and oxygen atoms in total. The van der Waals surface area contributed by atoms with Crippen molar-refractivity contribution in [3.8, 4) is 33.8 Å². The molecule has 0 spiro atoms. The van der Waals surface area contributed by atoms with Crippen LogP contribution in [0.15, 0.2) is 71.1 Å². The third-order valence-corrected chi connectivity index (χ3v) is 5.28. The minimum atomic E-state index is 0.208. The quantitative estimate of drug-likeness (QED) is 0.299. The minimum Gasteiger partial charge on any atom is -0.397 e. The molecular formula is C24H20NO2+. The number of ketones is 1. The lowest BCUT2D eigenvalue weighted by Gasteiger charge is -2.02. The summed E-state index contributed by atoms with van der Waals surface area (Å²) in [6.45, 7) is 2.10. The SMILES string of the molecule is CCCCC(=O)c1ccc(-c2oc3cccc4[n+]3c2-c2ccccc2-4)cc1. The van der Waals surface area contributed by atoms with Gasteiger partial charge < -0.3 is 4.42 Å². The largest absolute Gasteiger partial charge is 0.397 e. The first-order valence-electron chi connectivity index (χ1n) is 9.49. The van der Waals surface area contributed by atoms with Gasteiger partial charge in [0.05, 0.1) is 17.2 Å². The lowest BCUT2D eigenvalue weighted by molar-refractivity contribution is -0.485. The first-order valence-corrected chi connectivity index (χ1v) is 9.49. The van der Waals surface area contributed by atoms with Crippen LogP contribution in [0.1, 0.15) is 36.5 Å². The van der Waals surface area contributed by atoms with E-state index < -0.39 is 0 Å². The maximum atomic E-state index is 12.3. The van der Waals surface area contributed by atoms with E-state index in [0.29, 0.717) is 6.42 Å². The molecule has 0 aliphatic carbocycles. The van der Waals surface area contributed by atoms with Gasteiger partial charge in [-0.3, -0.25) is 4.79 Å². The van der Waals surface area contributed by atoms with Crippen molar-refractivity contribution in [2.75, 3.05) is 0 Å². The van der Waals surface area contributed by atoms with Crippen LogP contribution in [0.5, 0.6) is 0 Å². The topological polar surface area (TPSA) is 34.3 Å². The summed E-state index contributed by atoms with van der Waals surface area (Å²) in [6, 6.07) is 22.4. The summed E-state index contributed by atoms with van der Waals surface area (Å²) in [4.78, 5) is 12.3. The molecule has 0 amide bonds. The van der Waals surface area contributed by atoms with Crippen LogP contribution in [-0.2, 0) is 0 Å². The number of aromatic nitrogens is 1. The summed E-state index contributed by atoms with van der Waals surface area (Å²) in [6.07, 6.45) is 2.58. The highest BCUT2D eigenvalue weighted by molar-refractivity contribution is 5.96. The van der Waals surface area contributed by atoms with Crippen LogP contribution in [-0.4, -0.2) is 5.78 Å². The second-order valence-corrected chi connectivity index (χ2v) is 7.01. The summed E-state index contributed by atoms with van der Waals surface area (Å²) < 4.78 is 8.40. The first kappa shape index (κ1) is 16.0. The molecule has 0 fully saturated rings. The summed E-state index contributed by atoms with van der Waals surface area (Å²) in [5.41, 5.74) is 7.23. The molecule has 132 valence electrons. The Bertz CT molecular complexity index is 1170. The predicted molar refractivity (Wildman–Crippen MR) is 106 cm³/mol. The normalized spacial score (nSPS) is 11.7. The molecule has 3 heterocycles. The molecule has 4 aromatic rings. The van der Waals surface area contributed by atoms with E-state index in [4.69, 9.17) is 4.42 Å². The van der Waals surface area contributed by atoms with E-state index >= 15 is 0 Å². The average Bonchev–Trinajstić information content (AvgIpc) is 3.27. The van der Waals surface area contributed by atoms with E-state index in [2.05, 4.69) is 41.7 Å². The molecule has 5 rings (SSSR count). The molecule has 0 bridgehead atoms. The predicted octanol–water partition coefficient (Wildman–Crippen LogP) is 5.71. The third-order valence-electron chi connectivity index (χ3n) is 5.28. The van der Waals surface area contributed by atoms with Crippen molar-refractivity contribution < 1.29 is 13.6 Å². The van der Waals surface area contributed by atoms with Gasteiger partial charge in [0.2, 0.25) is 11.5 Å². The van der Waals surface area contributed by atoms with Gasteiger partial charge in [-0.15, -0.1) is 4.40 Å². The second-order valence-electron chi connectivity index (χ2n) is 7.01. The highest BCUT2D eigenvalue weighted by Gasteiger charge is 2.37. The molecule has 0 saturated heterocycles. The molecule has 0 N–H and O–H groups in total. The van der Waals surface area contributed by atoms with E-state index in [1.165, 1.54) is 11.1 Å². The number of hydrogen-bond donors (Lipinski definition) is 0. The van der Waals surface area contributed by atoms with Gasteiger partial charge in [-0.05, 0) is 24.6 Å². The number of unbranched alkanes of at least 4 members (excludes halogenated alkanes) is 1. The Morgan fingerprint density at radius 1 is 0.926 bits per heavy atom. The number of fused-ring (bicyclic) bond motifs is 3. The summed E-state index contributed by atoms with van der Waals surface area (Å²) >= 11 is 0. The average molecular weight is 354 g/mol. The van der Waals surface area contributed by atoms with Gasteiger partial charge in [0, 0.05) is 23.6 Å². The number of rotatable bonds is 5. The van der Waals surface area contributed by atoms with Crippen LogP contribution < -0.4 is 4.40 Å². The zero-order valence-electron chi connectivity index (χ0n) is 15.2. The number of carbonyl (C=O) groups is 1. The Morgan fingerprint density at radius 3 is 2.48 bits per heavy atom. The maximum absolute atomic E-state index is 12.3. The molecule has 0 unspecified atom stereocenters. The van der Waals surface area contributed by atoms with Crippen molar-refractivity contribution in [1.82, 2.24) is 0 Å². The van der Waals surface area contributed by atoms with Crippen LogP contribution >= 0.6 is 0 Å². The van der Waals surface area contributed by atoms with Crippen molar-refractivity contribution in [3.05, 3.63) is 72.3 Å². The Morgan fingerprint density at radius 2 is 1.70 bits per heavy atom. The van der Waals surface area contributed by atoms with Crippen molar-refractivity contribution in [3.63, 3.8) is 0 Å². The highest BCUT2D eigenvalue weighted by Crippen LogP contribution is 2.41. The molecule has 2 aromatic heterocycles. The Kier molecular flexibility index (Phi) is 3.68. The van der Waals surface area contributed by atoms with E-state index in [9.17, 15) is 4.79 Å². The number of benzene rings is 2. The summed E-state index contributed by atoms with van der Waals surface area (Å²) in [7, 11) is 0. The molecule has 0 radical (unpaired) electrons. The molecule has 1 aliphatic rings. The monoisotopic (exact) mass is 354 g/mol. The van der Waals surface area contributed by atoms with Crippen molar-refractivity contribution in [2.45, 2.75) is 26.2 Å². The molecule has 0 saturated carbocycles. The minimum absolute atomic E-state index is 0.208. The molecular weight excluding hydrogens is 334 g/mol. The smallest absolute Gasteiger partial charge is 0.380 e. The Balaban J connectivity index is 1.62. The van der Waals surface area contributed by atoms with Gasteiger partial charge in [-0.2, -0.15) is 0 Å². The van der Waals surface area contributed by atoms with Crippen molar-refractivity contribution in [2.24, 2.45) is 0 Å². The number of hydrogen-bond acceptors (Lipinski definition) is 2. The van der Waals surface area contributed by atoms with E-state index in [-0.39, 0.29) is 5.78 Å². The number of nitrogens with zero attached hydrogens (tertiary/aromatic N) is 1. The van der Waals surface area contributed by atoms with Gasteiger partial charge in [0.25, 0.3) is 5.69 Å². The molecule has 0 atom stereocenters. The lowest BCUT2D eigenvalue weighted by Crippen LogP contribution is -2.20. The zero-order chi connectivity index (χ0) is 18.4. The van der Waals surface area contributed by atoms with E-state index in [1.807, 2.05) is 36.4 Å². The zero-order valence-corrected chi connectivity index (χ0v) is 15.2. The van der Waals surface area contributed by atoms with Crippen LogP contribution in [0.3, 0.4) is 0 Å². The van der Waals surface area contributed by atoms with Gasteiger partial charge >= 0.3 is 5.71 Å². The van der Waals surface area contributed by atoms with E-state index in [1.54, 1.807) is 0 Å². The van der Waals surface area contributed by atoms with Gasteiger partial charge in [0.1, 0.15) is 0 Å². The highest BCUT2D eigenvalue weighted by atomic mass is 16.3.